The molecule has 0 unspecified atom stereocenters. The molecule has 0 spiro atoms. The van der Waals surface area contributed by atoms with E-state index in [4.69, 9.17) is 23.2 Å². The van der Waals surface area contributed by atoms with Crippen LogP contribution in [0.25, 0.3) is 0 Å². The molecule has 1 aromatic carbocycles. The Morgan fingerprint density at radius 2 is 1.95 bits per heavy atom. The standard InChI is InChI=1S/C16H22Cl2N2OS/c1-20-8-5-12(6-9-20)16(21)19-7-10-22-11-13-14(17)3-2-4-15(13)18/h2-4,12H,5-11H2,1H3,(H,19,21). The third-order valence-electron chi connectivity index (χ3n) is 3.94. The molecule has 1 N–H and O–H groups in total. The zero-order valence-corrected chi connectivity index (χ0v) is 15.1. The summed E-state index contributed by atoms with van der Waals surface area (Å²) in [6.07, 6.45) is 1.93. The average molecular weight is 361 g/mol. The van der Waals surface area contributed by atoms with Crippen molar-refractivity contribution in [2.24, 2.45) is 5.92 Å². The highest BCUT2D eigenvalue weighted by Crippen LogP contribution is 2.28. The number of likely N-dealkylation sites (tertiary alicyclic amines) is 1. The minimum Gasteiger partial charge on any atom is -0.355 e. The monoisotopic (exact) mass is 360 g/mol. The van der Waals surface area contributed by atoms with E-state index < -0.39 is 0 Å². The van der Waals surface area contributed by atoms with Crippen molar-refractivity contribution in [1.82, 2.24) is 10.2 Å². The van der Waals surface area contributed by atoms with E-state index in [1.807, 2.05) is 18.2 Å². The third kappa shape index (κ3) is 5.34. The molecule has 0 aliphatic carbocycles. The fourth-order valence-electron chi connectivity index (χ4n) is 2.51. The summed E-state index contributed by atoms with van der Waals surface area (Å²) in [5, 5.41) is 4.45. The molecule has 1 amide bonds. The number of thioether (sulfide) groups is 1. The van der Waals surface area contributed by atoms with E-state index in [0.717, 1.165) is 43.0 Å². The molecule has 3 nitrogen and oxygen atoms in total. The van der Waals surface area contributed by atoms with E-state index in [0.29, 0.717) is 16.6 Å². The first-order valence-electron chi connectivity index (χ1n) is 7.55. The number of amides is 1. The first-order valence-corrected chi connectivity index (χ1v) is 9.46. The van der Waals surface area contributed by atoms with Crippen LogP contribution >= 0.6 is 35.0 Å². The number of nitrogens with one attached hydrogen (secondary N) is 1. The SMILES string of the molecule is CN1CCC(C(=O)NCCSCc2c(Cl)cccc2Cl)CC1. The molecule has 0 atom stereocenters. The van der Waals surface area contributed by atoms with E-state index in [2.05, 4.69) is 17.3 Å². The van der Waals surface area contributed by atoms with E-state index in [1.54, 1.807) is 11.8 Å². The molecule has 1 heterocycles. The summed E-state index contributed by atoms with van der Waals surface area (Å²) in [6.45, 7) is 2.72. The second-order valence-corrected chi connectivity index (χ2v) is 7.54. The Labute approximate surface area is 146 Å². The highest BCUT2D eigenvalue weighted by Gasteiger charge is 2.22. The van der Waals surface area contributed by atoms with E-state index in [-0.39, 0.29) is 11.8 Å². The van der Waals surface area contributed by atoms with Crippen LogP contribution in [-0.4, -0.2) is 43.2 Å². The smallest absolute Gasteiger partial charge is 0.223 e. The zero-order chi connectivity index (χ0) is 15.9. The largest absolute Gasteiger partial charge is 0.355 e. The van der Waals surface area contributed by atoms with Gasteiger partial charge in [-0.05, 0) is 50.7 Å². The summed E-state index contributed by atoms with van der Waals surface area (Å²) < 4.78 is 0. The van der Waals surface area contributed by atoms with Gasteiger partial charge in [0.25, 0.3) is 0 Å². The van der Waals surface area contributed by atoms with Crippen LogP contribution in [0.1, 0.15) is 18.4 Å². The van der Waals surface area contributed by atoms with Crippen LogP contribution < -0.4 is 5.32 Å². The Morgan fingerprint density at radius 1 is 1.32 bits per heavy atom. The van der Waals surface area contributed by atoms with Gasteiger partial charge in [-0.3, -0.25) is 4.79 Å². The lowest BCUT2D eigenvalue weighted by atomic mass is 9.96. The third-order valence-corrected chi connectivity index (χ3v) is 5.64. The molecular formula is C16H22Cl2N2OS. The van der Waals surface area contributed by atoms with Gasteiger partial charge in [-0.15, -0.1) is 0 Å². The summed E-state index contributed by atoms with van der Waals surface area (Å²) in [5.74, 6) is 2.01. The number of halogens is 2. The van der Waals surface area contributed by atoms with Gasteiger partial charge in [0.05, 0.1) is 0 Å². The minimum absolute atomic E-state index is 0.180. The van der Waals surface area contributed by atoms with Crippen molar-refractivity contribution in [2.45, 2.75) is 18.6 Å². The first kappa shape index (κ1) is 17.9. The van der Waals surface area contributed by atoms with Gasteiger partial charge in [0.2, 0.25) is 5.91 Å². The van der Waals surface area contributed by atoms with Gasteiger partial charge in [-0.2, -0.15) is 11.8 Å². The highest BCUT2D eigenvalue weighted by molar-refractivity contribution is 7.98. The molecule has 1 fully saturated rings. The van der Waals surface area contributed by atoms with Gasteiger partial charge in [0.1, 0.15) is 0 Å². The summed E-state index contributed by atoms with van der Waals surface area (Å²) in [6, 6.07) is 5.55. The molecule has 1 aliphatic rings. The lowest BCUT2D eigenvalue weighted by Crippen LogP contribution is -2.39. The van der Waals surface area contributed by atoms with Gasteiger partial charge in [-0.25, -0.2) is 0 Å². The van der Waals surface area contributed by atoms with E-state index in [9.17, 15) is 4.79 Å². The maximum Gasteiger partial charge on any atom is 0.223 e. The summed E-state index contributed by atoms with van der Waals surface area (Å²) in [4.78, 5) is 14.3. The van der Waals surface area contributed by atoms with Crippen molar-refractivity contribution in [3.05, 3.63) is 33.8 Å². The number of hydrogen-bond donors (Lipinski definition) is 1. The van der Waals surface area contributed by atoms with Crippen LogP contribution in [0.4, 0.5) is 0 Å². The second-order valence-electron chi connectivity index (χ2n) is 5.62. The van der Waals surface area contributed by atoms with Crippen molar-refractivity contribution < 1.29 is 4.79 Å². The van der Waals surface area contributed by atoms with Crippen molar-refractivity contribution >= 4 is 40.9 Å². The van der Waals surface area contributed by atoms with Crippen molar-refractivity contribution in [3.8, 4) is 0 Å². The highest BCUT2D eigenvalue weighted by atomic mass is 35.5. The van der Waals surface area contributed by atoms with Crippen LogP contribution in [0.15, 0.2) is 18.2 Å². The molecule has 122 valence electrons. The molecule has 1 aliphatic heterocycles. The van der Waals surface area contributed by atoms with Crippen molar-refractivity contribution in [3.63, 3.8) is 0 Å². The lowest BCUT2D eigenvalue weighted by Gasteiger charge is -2.28. The van der Waals surface area contributed by atoms with Crippen LogP contribution in [0.3, 0.4) is 0 Å². The molecule has 0 bridgehead atoms. The van der Waals surface area contributed by atoms with Gasteiger partial charge in [-0.1, -0.05) is 29.3 Å². The number of carbonyl (C=O) groups is 1. The Hall–Kier alpha value is -0.420. The van der Waals surface area contributed by atoms with Gasteiger partial charge in [0, 0.05) is 34.0 Å². The molecule has 1 saturated heterocycles. The predicted octanol–water partition coefficient (Wildman–Crippen LogP) is 3.68. The molecule has 1 aromatic rings. The zero-order valence-electron chi connectivity index (χ0n) is 12.8. The Bertz CT molecular complexity index is 485. The predicted molar refractivity (Wildman–Crippen MR) is 95.9 cm³/mol. The number of carbonyl (C=O) groups excluding carboxylic acids is 1. The van der Waals surface area contributed by atoms with Crippen molar-refractivity contribution in [2.75, 3.05) is 32.4 Å². The summed E-state index contributed by atoms with van der Waals surface area (Å²) >= 11 is 14.0. The van der Waals surface area contributed by atoms with Gasteiger partial charge >= 0.3 is 0 Å². The summed E-state index contributed by atoms with van der Waals surface area (Å²) in [5.41, 5.74) is 0.970. The maximum absolute atomic E-state index is 12.1. The summed E-state index contributed by atoms with van der Waals surface area (Å²) in [7, 11) is 2.10. The minimum atomic E-state index is 0.180. The molecule has 22 heavy (non-hydrogen) atoms. The Morgan fingerprint density at radius 3 is 2.59 bits per heavy atom. The fourth-order valence-corrected chi connectivity index (χ4v) is 4.10. The van der Waals surface area contributed by atoms with Crippen LogP contribution in [0.2, 0.25) is 10.0 Å². The molecule has 2 rings (SSSR count). The van der Waals surface area contributed by atoms with Gasteiger partial charge in [0.15, 0.2) is 0 Å². The molecule has 0 saturated carbocycles. The van der Waals surface area contributed by atoms with Crippen LogP contribution in [0, 0.1) is 5.92 Å². The topological polar surface area (TPSA) is 32.3 Å². The van der Waals surface area contributed by atoms with E-state index >= 15 is 0 Å². The molecule has 6 heteroatoms. The van der Waals surface area contributed by atoms with Gasteiger partial charge < -0.3 is 10.2 Å². The van der Waals surface area contributed by atoms with Crippen molar-refractivity contribution in [1.29, 1.82) is 0 Å². The average Bonchev–Trinajstić information content (AvgIpc) is 2.50. The fraction of sp³-hybridized carbons (Fsp3) is 0.562. The number of hydrogen-bond acceptors (Lipinski definition) is 3. The number of rotatable bonds is 6. The number of piperidine rings is 1. The quantitative estimate of drug-likeness (QED) is 0.785. The first-order chi connectivity index (χ1) is 10.6. The van der Waals surface area contributed by atoms with Crippen LogP contribution in [0.5, 0.6) is 0 Å². The molecular weight excluding hydrogens is 339 g/mol. The molecule has 0 radical (unpaired) electrons. The maximum atomic E-state index is 12.1. The number of nitrogens with zero attached hydrogens (tertiary/aromatic N) is 1. The lowest BCUT2D eigenvalue weighted by molar-refractivity contribution is -0.126. The second kappa shape index (κ2) is 9.02. The number of benzene rings is 1. The van der Waals surface area contributed by atoms with Crippen LogP contribution in [-0.2, 0) is 10.5 Å². The molecule has 0 aromatic heterocycles. The normalized spacial score (nSPS) is 16.7. The van der Waals surface area contributed by atoms with E-state index in [1.165, 1.54) is 0 Å². The Kier molecular flexibility index (Phi) is 7.35. The Balaban J connectivity index is 1.64.